The van der Waals surface area contributed by atoms with E-state index in [2.05, 4.69) is 10.4 Å². The molecule has 154 valence electrons. The van der Waals surface area contributed by atoms with Gasteiger partial charge < -0.3 is 20.2 Å². The number of aromatic nitrogens is 2. The minimum absolute atomic E-state index is 0.0522. The van der Waals surface area contributed by atoms with Gasteiger partial charge in [-0.2, -0.15) is 5.10 Å². The molecule has 7 nitrogen and oxygen atoms in total. The second kappa shape index (κ2) is 7.14. The maximum absolute atomic E-state index is 14.9. The molecule has 2 aromatic heterocycles. The van der Waals surface area contributed by atoms with Gasteiger partial charge in [0.05, 0.1) is 17.2 Å². The van der Waals surface area contributed by atoms with E-state index in [4.69, 9.17) is 14.9 Å². The van der Waals surface area contributed by atoms with E-state index in [1.807, 2.05) is 0 Å². The Labute approximate surface area is 165 Å². The van der Waals surface area contributed by atoms with Crippen LogP contribution in [0.1, 0.15) is 39.7 Å². The van der Waals surface area contributed by atoms with Gasteiger partial charge >= 0.3 is 0 Å². The Morgan fingerprint density at radius 1 is 1.45 bits per heavy atom. The Morgan fingerprint density at radius 3 is 2.90 bits per heavy atom. The van der Waals surface area contributed by atoms with Crippen molar-refractivity contribution in [2.75, 3.05) is 13.1 Å². The summed E-state index contributed by atoms with van der Waals surface area (Å²) in [5, 5.41) is 7.40. The molecule has 0 radical (unpaired) electrons. The van der Waals surface area contributed by atoms with E-state index in [0.717, 1.165) is 5.69 Å². The second-order valence-electron chi connectivity index (χ2n) is 7.25. The molecule has 0 bridgehead atoms. The standard InChI is InChI=1S/C20H22F2N4O3/c1-11-16(19(23)27)18-15(29-11)4-3-14(28-10-12-5-7-25-26(12)2)17(18)13-9-24-8-6-20(13,21)22/h3-5,7,13,24H,6,8-10H2,1-2H3,(H2,23,27). The van der Waals surface area contributed by atoms with Gasteiger partial charge in [-0.15, -0.1) is 0 Å². The number of hydrogen-bond donors (Lipinski definition) is 2. The first-order valence-electron chi connectivity index (χ1n) is 9.33. The minimum atomic E-state index is -2.97. The molecule has 1 fully saturated rings. The highest BCUT2D eigenvalue weighted by Crippen LogP contribution is 2.46. The maximum Gasteiger partial charge on any atom is 0.257 e. The number of halogens is 2. The SMILES string of the molecule is Cc1oc2ccc(OCc3ccnn3C)c(C3CNCCC3(F)F)c2c1C(N)=O. The largest absolute Gasteiger partial charge is 0.487 e. The molecule has 1 amide bonds. The molecule has 29 heavy (non-hydrogen) atoms. The highest BCUT2D eigenvalue weighted by Gasteiger charge is 2.45. The first-order valence-corrected chi connectivity index (χ1v) is 9.33. The third-order valence-electron chi connectivity index (χ3n) is 5.42. The quantitative estimate of drug-likeness (QED) is 0.682. The van der Waals surface area contributed by atoms with Crippen molar-refractivity contribution in [1.82, 2.24) is 15.1 Å². The number of benzene rings is 1. The second-order valence-corrected chi connectivity index (χ2v) is 7.25. The summed E-state index contributed by atoms with van der Waals surface area (Å²) in [6.45, 7) is 2.01. The Kier molecular flexibility index (Phi) is 4.77. The summed E-state index contributed by atoms with van der Waals surface area (Å²) in [4.78, 5) is 12.1. The molecule has 0 aliphatic carbocycles. The molecule has 1 aliphatic rings. The predicted octanol–water partition coefficient (Wildman–Crippen LogP) is 2.86. The number of piperidine rings is 1. The smallest absolute Gasteiger partial charge is 0.257 e. The molecule has 9 heteroatoms. The van der Waals surface area contributed by atoms with Crippen molar-refractivity contribution in [1.29, 1.82) is 0 Å². The molecule has 4 rings (SSSR count). The average Bonchev–Trinajstić information content (AvgIpc) is 3.21. The number of fused-ring (bicyclic) bond motifs is 1. The van der Waals surface area contributed by atoms with E-state index in [0.29, 0.717) is 16.7 Å². The molecule has 3 N–H and O–H groups in total. The summed E-state index contributed by atoms with van der Waals surface area (Å²) >= 11 is 0. The number of aryl methyl sites for hydroxylation is 2. The van der Waals surface area contributed by atoms with Crippen LogP contribution in [0.3, 0.4) is 0 Å². The average molecular weight is 404 g/mol. The number of carbonyl (C=O) groups excluding carboxylic acids is 1. The zero-order valence-corrected chi connectivity index (χ0v) is 16.2. The summed E-state index contributed by atoms with van der Waals surface area (Å²) < 4.78 is 43.1. The predicted molar refractivity (Wildman–Crippen MR) is 102 cm³/mol. The number of ether oxygens (including phenoxy) is 1. The van der Waals surface area contributed by atoms with Crippen molar-refractivity contribution < 1.29 is 22.7 Å². The lowest BCUT2D eigenvalue weighted by Crippen LogP contribution is -2.43. The fourth-order valence-electron chi connectivity index (χ4n) is 3.92. The molecule has 1 aliphatic heterocycles. The van der Waals surface area contributed by atoms with Crippen LogP contribution in [0.4, 0.5) is 8.78 Å². The summed E-state index contributed by atoms with van der Waals surface area (Å²) in [6, 6.07) is 5.00. The van der Waals surface area contributed by atoms with Crippen molar-refractivity contribution in [2.45, 2.75) is 31.8 Å². The Morgan fingerprint density at radius 2 is 2.24 bits per heavy atom. The normalized spacial score (nSPS) is 18.8. The van der Waals surface area contributed by atoms with Gasteiger partial charge in [0, 0.05) is 43.7 Å². The van der Waals surface area contributed by atoms with Crippen LogP contribution >= 0.6 is 0 Å². The van der Waals surface area contributed by atoms with Crippen molar-refractivity contribution in [3.8, 4) is 5.75 Å². The van der Waals surface area contributed by atoms with Crippen LogP contribution in [-0.2, 0) is 13.7 Å². The van der Waals surface area contributed by atoms with Crippen molar-refractivity contribution in [2.24, 2.45) is 12.8 Å². The number of primary amides is 1. The topological polar surface area (TPSA) is 95.3 Å². The summed E-state index contributed by atoms with van der Waals surface area (Å²) in [5.41, 5.74) is 7.03. The van der Waals surface area contributed by atoms with E-state index in [1.54, 1.807) is 43.0 Å². The number of rotatable bonds is 5. The van der Waals surface area contributed by atoms with E-state index in [-0.39, 0.29) is 43.0 Å². The highest BCUT2D eigenvalue weighted by molar-refractivity contribution is 6.08. The molecule has 1 saturated heterocycles. The van der Waals surface area contributed by atoms with Crippen molar-refractivity contribution in [3.05, 3.63) is 47.0 Å². The third-order valence-corrected chi connectivity index (χ3v) is 5.42. The molecule has 1 unspecified atom stereocenters. The van der Waals surface area contributed by atoms with Gasteiger partial charge in [0.2, 0.25) is 0 Å². The molecule has 3 heterocycles. The number of nitrogens with one attached hydrogen (secondary N) is 1. The van der Waals surface area contributed by atoms with E-state index < -0.39 is 17.7 Å². The summed E-state index contributed by atoms with van der Waals surface area (Å²) in [7, 11) is 1.77. The van der Waals surface area contributed by atoms with Gasteiger partial charge in [-0.1, -0.05) is 0 Å². The number of nitrogens with zero attached hydrogens (tertiary/aromatic N) is 2. The molecule has 1 aromatic carbocycles. The number of nitrogens with two attached hydrogens (primary N) is 1. The first kappa shape index (κ1) is 19.4. The number of furan rings is 1. The maximum atomic E-state index is 14.9. The van der Waals surface area contributed by atoms with E-state index in [9.17, 15) is 13.6 Å². The fourth-order valence-corrected chi connectivity index (χ4v) is 3.92. The lowest BCUT2D eigenvalue weighted by molar-refractivity contribution is -0.0482. The van der Waals surface area contributed by atoms with Crippen LogP contribution in [0.25, 0.3) is 11.0 Å². The first-order chi connectivity index (χ1) is 13.8. The van der Waals surface area contributed by atoms with Gasteiger partial charge in [-0.3, -0.25) is 9.48 Å². The van der Waals surface area contributed by atoms with Crippen LogP contribution < -0.4 is 15.8 Å². The molecule has 0 saturated carbocycles. The van der Waals surface area contributed by atoms with E-state index >= 15 is 0 Å². The minimum Gasteiger partial charge on any atom is -0.487 e. The van der Waals surface area contributed by atoms with Crippen molar-refractivity contribution in [3.63, 3.8) is 0 Å². The van der Waals surface area contributed by atoms with Gasteiger partial charge in [-0.05, 0) is 25.1 Å². The third kappa shape index (κ3) is 3.35. The van der Waals surface area contributed by atoms with E-state index in [1.165, 1.54) is 0 Å². The fraction of sp³-hybridized carbons (Fsp3) is 0.400. The van der Waals surface area contributed by atoms with Crippen LogP contribution in [0.2, 0.25) is 0 Å². The van der Waals surface area contributed by atoms with Crippen LogP contribution in [0.15, 0.2) is 28.8 Å². The molecular formula is C20H22F2N4O3. The van der Waals surface area contributed by atoms with Crippen LogP contribution in [0.5, 0.6) is 5.75 Å². The summed E-state index contributed by atoms with van der Waals surface area (Å²) in [5.74, 6) is -4.31. The lowest BCUT2D eigenvalue weighted by Gasteiger charge is -2.33. The monoisotopic (exact) mass is 404 g/mol. The zero-order valence-electron chi connectivity index (χ0n) is 16.2. The molecular weight excluding hydrogens is 382 g/mol. The Bertz CT molecular complexity index is 1070. The van der Waals surface area contributed by atoms with Gasteiger partial charge in [0.1, 0.15) is 23.7 Å². The Balaban J connectivity index is 1.89. The number of hydrogen-bond acceptors (Lipinski definition) is 5. The molecule has 3 aromatic rings. The van der Waals surface area contributed by atoms with Crippen molar-refractivity contribution >= 4 is 16.9 Å². The molecule has 0 spiro atoms. The summed E-state index contributed by atoms with van der Waals surface area (Å²) in [6.07, 6.45) is 1.32. The Hall–Kier alpha value is -2.94. The zero-order chi connectivity index (χ0) is 20.8. The van der Waals surface area contributed by atoms with Gasteiger partial charge in [0.25, 0.3) is 11.8 Å². The number of alkyl halides is 2. The van der Waals surface area contributed by atoms with Crippen LogP contribution in [0, 0.1) is 6.92 Å². The van der Waals surface area contributed by atoms with Crippen LogP contribution in [-0.4, -0.2) is 34.7 Å². The molecule has 1 atom stereocenters. The van der Waals surface area contributed by atoms with Gasteiger partial charge in [0.15, 0.2) is 0 Å². The number of carbonyl (C=O) groups is 1. The van der Waals surface area contributed by atoms with Gasteiger partial charge in [-0.25, -0.2) is 8.78 Å². The highest BCUT2D eigenvalue weighted by atomic mass is 19.3. The lowest BCUT2D eigenvalue weighted by atomic mass is 9.84. The number of amides is 1.